The van der Waals surface area contributed by atoms with Crippen LogP contribution in [-0.2, 0) is 19.1 Å². The highest BCUT2D eigenvalue weighted by Gasteiger charge is 2.44. The molecule has 1 aliphatic rings. The first-order valence-electron chi connectivity index (χ1n) is 10.5. The molecule has 0 radical (unpaired) electrons. The van der Waals surface area contributed by atoms with Crippen LogP contribution in [0.2, 0.25) is 0 Å². The summed E-state index contributed by atoms with van der Waals surface area (Å²) in [5.74, 6) is -0.743. The van der Waals surface area contributed by atoms with E-state index in [1.165, 1.54) is 25.7 Å². The van der Waals surface area contributed by atoms with E-state index in [0.717, 1.165) is 19.3 Å². The predicted molar refractivity (Wildman–Crippen MR) is 103 cm³/mol. The number of carbonyl (C=O) groups excluding carboxylic acids is 2. The Morgan fingerprint density at radius 1 is 0.893 bits per heavy atom. The van der Waals surface area contributed by atoms with Crippen molar-refractivity contribution in [2.45, 2.75) is 109 Å². The van der Waals surface area contributed by atoms with E-state index in [2.05, 4.69) is 12.2 Å². The Labute approximate surface area is 167 Å². The van der Waals surface area contributed by atoms with E-state index in [0.29, 0.717) is 6.42 Å². The first-order chi connectivity index (χ1) is 13.4. The third-order valence-electron chi connectivity index (χ3n) is 4.92. The fraction of sp³-hybridized carbons (Fsp3) is 0.900. The van der Waals surface area contributed by atoms with Crippen molar-refractivity contribution >= 4 is 11.9 Å². The summed E-state index contributed by atoms with van der Waals surface area (Å²) in [6.07, 6.45) is 3.46. The SMILES string of the molecule is CCCCCCCCCC(=O)OC[C@H]1OC(O)[C@H](NC(=O)CCC)[C@@H](O)[C@@H]1O. The Bertz CT molecular complexity index is 460. The van der Waals surface area contributed by atoms with Crippen LogP contribution < -0.4 is 5.32 Å². The van der Waals surface area contributed by atoms with E-state index in [1.54, 1.807) is 0 Å². The van der Waals surface area contributed by atoms with E-state index in [9.17, 15) is 24.9 Å². The molecule has 1 fully saturated rings. The van der Waals surface area contributed by atoms with Gasteiger partial charge in [-0.3, -0.25) is 9.59 Å². The van der Waals surface area contributed by atoms with Crippen molar-refractivity contribution < 1.29 is 34.4 Å². The van der Waals surface area contributed by atoms with Gasteiger partial charge in [-0.15, -0.1) is 0 Å². The molecular formula is C20H37NO7. The maximum absolute atomic E-state index is 11.8. The zero-order valence-corrected chi connectivity index (χ0v) is 17.1. The molecule has 0 aliphatic carbocycles. The van der Waals surface area contributed by atoms with Crippen molar-refractivity contribution in [1.82, 2.24) is 5.32 Å². The van der Waals surface area contributed by atoms with Crippen LogP contribution in [0.4, 0.5) is 0 Å². The summed E-state index contributed by atoms with van der Waals surface area (Å²) in [4.78, 5) is 23.5. The first kappa shape index (κ1) is 24.8. The molecule has 0 saturated carbocycles. The fourth-order valence-electron chi connectivity index (χ4n) is 3.20. The van der Waals surface area contributed by atoms with Gasteiger partial charge in [-0.05, 0) is 12.8 Å². The number of ether oxygens (including phenoxy) is 2. The summed E-state index contributed by atoms with van der Waals surface area (Å²) in [5.41, 5.74) is 0. The van der Waals surface area contributed by atoms with E-state index in [1.807, 2.05) is 6.92 Å². The molecule has 1 rings (SSSR count). The lowest BCUT2D eigenvalue weighted by molar-refractivity contribution is -0.255. The van der Waals surface area contributed by atoms with Crippen LogP contribution in [0.1, 0.15) is 78.1 Å². The molecule has 0 aromatic heterocycles. The molecule has 8 nitrogen and oxygen atoms in total. The molecule has 164 valence electrons. The summed E-state index contributed by atoms with van der Waals surface area (Å²) in [6, 6.07) is -1.13. The average Bonchev–Trinajstić information content (AvgIpc) is 2.66. The third-order valence-corrected chi connectivity index (χ3v) is 4.92. The van der Waals surface area contributed by atoms with Crippen molar-refractivity contribution in [2.24, 2.45) is 0 Å². The minimum absolute atomic E-state index is 0.242. The Kier molecular flexibility index (Phi) is 12.3. The van der Waals surface area contributed by atoms with E-state index in [-0.39, 0.29) is 25.4 Å². The highest BCUT2D eigenvalue weighted by molar-refractivity contribution is 5.76. The van der Waals surface area contributed by atoms with Crippen LogP contribution in [0.5, 0.6) is 0 Å². The number of rotatable bonds is 13. The molecule has 1 amide bonds. The Morgan fingerprint density at radius 3 is 2.18 bits per heavy atom. The van der Waals surface area contributed by atoms with Gasteiger partial charge in [-0.1, -0.05) is 52.4 Å². The van der Waals surface area contributed by atoms with Gasteiger partial charge in [0.05, 0.1) is 0 Å². The number of nitrogens with one attached hydrogen (secondary N) is 1. The molecule has 4 N–H and O–H groups in total. The number of carbonyl (C=O) groups is 2. The molecule has 8 heteroatoms. The van der Waals surface area contributed by atoms with Gasteiger partial charge in [0.25, 0.3) is 0 Å². The molecule has 28 heavy (non-hydrogen) atoms. The summed E-state index contributed by atoms with van der Waals surface area (Å²) < 4.78 is 10.4. The van der Waals surface area contributed by atoms with Gasteiger partial charge in [-0.25, -0.2) is 0 Å². The number of amides is 1. The maximum atomic E-state index is 11.8. The van der Waals surface area contributed by atoms with Crippen molar-refractivity contribution in [3.63, 3.8) is 0 Å². The van der Waals surface area contributed by atoms with Crippen molar-refractivity contribution in [1.29, 1.82) is 0 Å². The second kappa shape index (κ2) is 13.9. The highest BCUT2D eigenvalue weighted by Crippen LogP contribution is 2.21. The van der Waals surface area contributed by atoms with Gasteiger partial charge < -0.3 is 30.1 Å². The van der Waals surface area contributed by atoms with Crippen molar-refractivity contribution in [3.05, 3.63) is 0 Å². The van der Waals surface area contributed by atoms with Crippen molar-refractivity contribution in [2.75, 3.05) is 6.61 Å². The van der Waals surface area contributed by atoms with Crippen LogP contribution in [0.3, 0.4) is 0 Å². The topological polar surface area (TPSA) is 125 Å². The van der Waals surface area contributed by atoms with E-state index >= 15 is 0 Å². The molecule has 0 aromatic rings. The largest absolute Gasteiger partial charge is 0.463 e. The zero-order valence-electron chi connectivity index (χ0n) is 17.1. The lowest BCUT2D eigenvalue weighted by Gasteiger charge is -2.40. The van der Waals surface area contributed by atoms with Crippen molar-refractivity contribution in [3.8, 4) is 0 Å². The van der Waals surface area contributed by atoms with E-state index in [4.69, 9.17) is 9.47 Å². The second-order valence-electron chi connectivity index (χ2n) is 7.44. The molecule has 1 aliphatic heterocycles. The van der Waals surface area contributed by atoms with Crippen LogP contribution >= 0.6 is 0 Å². The van der Waals surface area contributed by atoms with Gasteiger partial charge in [0.2, 0.25) is 5.91 Å². The molecule has 1 unspecified atom stereocenters. The number of aliphatic hydroxyl groups is 3. The molecular weight excluding hydrogens is 366 g/mol. The molecule has 0 spiro atoms. The standard InChI is InChI=1S/C20H37NO7/c1-3-5-6-7-8-9-10-12-16(23)27-13-14-18(24)19(25)17(20(26)28-14)21-15(22)11-4-2/h14,17-20,24-26H,3-13H2,1-2H3,(H,21,22)/t14-,17-,18-,19-,20?/m1/s1. The smallest absolute Gasteiger partial charge is 0.305 e. The fourth-order valence-corrected chi connectivity index (χ4v) is 3.20. The monoisotopic (exact) mass is 403 g/mol. The first-order valence-corrected chi connectivity index (χ1v) is 10.5. The van der Waals surface area contributed by atoms with Crippen LogP contribution in [0, 0.1) is 0 Å². The van der Waals surface area contributed by atoms with Gasteiger partial charge in [0.1, 0.15) is 31.0 Å². The normalized spacial score (nSPS) is 27.4. The number of hydrogen-bond acceptors (Lipinski definition) is 7. The van der Waals surface area contributed by atoms with Crippen LogP contribution in [-0.4, -0.2) is 64.4 Å². The molecule has 5 atom stereocenters. The summed E-state index contributed by atoms with van der Waals surface area (Å²) in [6.45, 7) is 3.74. The molecule has 1 heterocycles. The quantitative estimate of drug-likeness (QED) is 0.270. The maximum Gasteiger partial charge on any atom is 0.305 e. The number of hydrogen-bond donors (Lipinski definition) is 4. The third kappa shape index (κ3) is 8.86. The lowest BCUT2D eigenvalue weighted by atomic mass is 9.97. The minimum atomic E-state index is -1.49. The minimum Gasteiger partial charge on any atom is -0.463 e. The Morgan fingerprint density at radius 2 is 1.54 bits per heavy atom. The number of aliphatic hydroxyl groups excluding tert-OH is 3. The highest BCUT2D eigenvalue weighted by atomic mass is 16.6. The Balaban J connectivity index is 2.29. The average molecular weight is 404 g/mol. The number of unbranched alkanes of at least 4 members (excludes halogenated alkanes) is 6. The molecule has 0 aromatic carbocycles. The van der Waals surface area contributed by atoms with Gasteiger partial charge in [0, 0.05) is 12.8 Å². The molecule has 0 bridgehead atoms. The molecule has 1 saturated heterocycles. The zero-order chi connectivity index (χ0) is 20.9. The van der Waals surface area contributed by atoms with Gasteiger partial charge >= 0.3 is 5.97 Å². The van der Waals surface area contributed by atoms with E-state index < -0.39 is 36.6 Å². The summed E-state index contributed by atoms with van der Waals surface area (Å²) >= 11 is 0. The Hall–Kier alpha value is -1.22. The predicted octanol–water partition coefficient (Wildman–Crippen LogP) is 1.39. The van der Waals surface area contributed by atoms with Crippen LogP contribution in [0.15, 0.2) is 0 Å². The van der Waals surface area contributed by atoms with Gasteiger partial charge in [0.15, 0.2) is 6.29 Å². The number of esters is 1. The summed E-state index contributed by atoms with van der Waals surface area (Å²) in [7, 11) is 0. The lowest BCUT2D eigenvalue weighted by Crippen LogP contribution is -2.64. The summed E-state index contributed by atoms with van der Waals surface area (Å²) in [5, 5.41) is 32.8. The van der Waals surface area contributed by atoms with Gasteiger partial charge in [-0.2, -0.15) is 0 Å². The second-order valence-corrected chi connectivity index (χ2v) is 7.44. The van der Waals surface area contributed by atoms with Crippen LogP contribution in [0.25, 0.3) is 0 Å².